The standard InChI is InChI=1S/C21H25N3O3/c1-15-6-4-7-16(12-15)21(26)22-17-8-9-19-18(13-17)24(20(25)14-27-19)11-5-10-23(2)3/h4,6-9,12-13H,5,10-11,14H2,1-3H3,(H,22,26). The minimum absolute atomic E-state index is 0.0456. The van der Waals surface area contributed by atoms with E-state index in [9.17, 15) is 9.59 Å². The molecule has 6 nitrogen and oxygen atoms in total. The van der Waals surface area contributed by atoms with Gasteiger partial charge in [0.05, 0.1) is 5.69 Å². The van der Waals surface area contributed by atoms with Gasteiger partial charge in [-0.1, -0.05) is 17.7 Å². The molecule has 1 aliphatic heterocycles. The number of fused-ring (bicyclic) bond motifs is 1. The number of ether oxygens (including phenoxy) is 1. The van der Waals surface area contributed by atoms with Gasteiger partial charge in [-0.2, -0.15) is 0 Å². The summed E-state index contributed by atoms with van der Waals surface area (Å²) in [6.07, 6.45) is 0.859. The third-order valence-corrected chi connectivity index (χ3v) is 4.43. The molecule has 0 unspecified atom stereocenters. The van der Waals surface area contributed by atoms with E-state index in [0.717, 1.165) is 18.5 Å². The maximum Gasteiger partial charge on any atom is 0.265 e. The van der Waals surface area contributed by atoms with Crippen molar-refractivity contribution in [3.8, 4) is 5.75 Å². The SMILES string of the molecule is Cc1cccc(C(=O)Nc2ccc3c(c2)N(CCCN(C)C)C(=O)CO3)c1. The van der Waals surface area contributed by atoms with Crippen LogP contribution >= 0.6 is 0 Å². The Morgan fingerprint density at radius 3 is 2.78 bits per heavy atom. The molecule has 0 saturated heterocycles. The number of rotatable bonds is 6. The smallest absolute Gasteiger partial charge is 0.265 e. The van der Waals surface area contributed by atoms with Crippen LogP contribution in [-0.4, -0.2) is 50.5 Å². The van der Waals surface area contributed by atoms with Crippen molar-refractivity contribution in [3.63, 3.8) is 0 Å². The van der Waals surface area contributed by atoms with Gasteiger partial charge >= 0.3 is 0 Å². The van der Waals surface area contributed by atoms with Gasteiger partial charge in [0.2, 0.25) is 0 Å². The molecule has 1 heterocycles. The van der Waals surface area contributed by atoms with Crippen LogP contribution in [0.2, 0.25) is 0 Å². The van der Waals surface area contributed by atoms with E-state index >= 15 is 0 Å². The van der Waals surface area contributed by atoms with Crippen molar-refractivity contribution in [2.24, 2.45) is 0 Å². The monoisotopic (exact) mass is 367 g/mol. The van der Waals surface area contributed by atoms with Crippen molar-refractivity contribution in [2.75, 3.05) is 44.0 Å². The second-order valence-electron chi connectivity index (χ2n) is 7.00. The first-order valence-electron chi connectivity index (χ1n) is 9.04. The molecule has 2 aromatic carbocycles. The van der Waals surface area contributed by atoms with Crippen molar-refractivity contribution in [3.05, 3.63) is 53.6 Å². The highest BCUT2D eigenvalue weighted by Gasteiger charge is 2.25. The van der Waals surface area contributed by atoms with Crippen LogP contribution in [0.15, 0.2) is 42.5 Å². The third-order valence-electron chi connectivity index (χ3n) is 4.43. The van der Waals surface area contributed by atoms with E-state index in [1.54, 1.807) is 29.2 Å². The van der Waals surface area contributed by atoms with E-state index in [2.05, 4.69) is 10.2 Å². The lowest BCUT2D eigenvalue weighted by Gasteiger charge is -2.30. The number of carbonyl (C=O) groups excluding carboxylic acids is 2. The Hall–Kier alpha value is -2.86. The molecule has 6 heteroatoms. The van der Waals surface area contributed by atoms with E-state index in [1.165, 1.54) is 0 Å². The number of amides is 2. The first-order chi connectivity index (χ1) is 12.9. The van der Waals surface area contributed by atoms with E-state index in [4.69, 9.17) is 4.74 Å². The van der Waals surface area contributed by atoms with Crippen molar-refractivity contribution < 1.29 is 14.3 Å². The summed E-state index contributed by atoms with van der Waals surface area (Å²) in [5, 5.41) is 2.90. The normalized spacial score (nSPS) is 13.3. The molecule has 0 saturated carbocycles. The molecule has 3 rings (SSSR count). The molecule has 2 amide bonds. The zero-order chi connectivity index (χ0) is 19.4. The van der Waals surface area contributed by atoms with Gasteiger partial charge in [-0.15, -0.1) is 0 Å². The minimum Gasteiger partial charge on any atom is -0.482 e. The van der Waals surface area contributed by atoms with Gasteiger partial charge in [-0.25, -0.2) is 0 Å². The second-order valence-corrected chi connectivity index (χ2v) is 7.00. The fourth-order valence-electron chi connectivity index (χ4n) is 3.06. The molecular formula is C21H25N3O3. The predicted molar refractivity (Wildman–Crippen MR) is 107 cm³/mol. The van der Waals surface area contributed by atoms with Crippen molar-refractivity contribution in [2.45, 2.75) is 13.3 Å². The summed E-state index contributed by atoms with van der Waals surface area (Å²) < 4.78 is 5.54. The fraction of sp³-hybridized carbons (Fsp3) is 0.333. The summed E-state index contributed by atoms with van der Waals surface area (Å²) in [6.45, 7) is 3.50. The van der Waals surface area contributed by atoms with Gasteiger partial charge in [-0.3, -0.25) is 9.59 Å². The Balaban J connectivity index is 1.78. The predicted octanol–water partition coefficient (Wildman–Crippen LogP) is 2.92. The molecular weight excluding hydrogens is 342 g/mol. The number of benzene rings is 2. The zero-order valence-corrected chi connectivity index (χ0v) is 16.0. The Kier molecular flexibility index (Phi) is 5.76. The molecule has 27 heavy (non-hydrogen) atoms. The number of carbonyl (C=O) groups is 2. The van der Waals surface area contributed by atoms with E-state index < -0.39 is 0 Å². The van der Waals surface area contributed by atoms with Crippen LogP contribution in [0.3, 0.4) is 0 Å². The van der Waals surface area contributed by atoms with Crippen LogP contribution in [-0.2, 0) is 4.79 Å². The van der Waals surface area contributed by atoms with Crippen LogP contribution in [0, 0.1) is 6.92 Å². The van der Waals surface area contributed by atoms with Gasteiger partial charge in [0, 0.05) is 17.8 Å². The summed E-state index contributed by atoms with van der Waals surface area (Å²) in [5.41, 5.74) is 2.96. The Labute approximate surface area is 159 Å². The highest BCUT2D eigenvalue weighted by Crippen LogP contribution is 2.34. The van der Waals surface area contributed by atoms with E-state index in [-0.39, 0.29) is 18.4 Å². The van der Waals surface area contributed by atoms with Crippen molar-refractivity contribution >= 4 is 23.2 Å². The maximum atomic E-state index is 12.5. The fourth-order valence-corrected chi connectivity index (χ4v) is 3.06. The highest BCUT2D eigenvalue weighted by atomic mass is 16.5. The molecule has 0 radical (unpaired) electrons. The summed E-state index contributed by atoms with van der Waals surface area (Å²) in [6, 6.07) is 12.8. The van der Waals surface area contributed by atoms with Crippen molar-refractivity contribution in [1.82, 2.24) is 4.90 Å². The minimum atomic E-state index is -0.180. The van der Waals surface area contributed by atoms with Gasteiger partial charge < -0.3 is 19.9 Å². The van der Waals surface area contributed by atoms with E-state index in [1.807, 2.05) is 39.2 Å². The average molecular weight is 367 g/mol. The highest BCUT2D eigenvalue weighted by molar-refractivity contribution is 6.05. The van der Waals surface area contributed by atoms with Crippen molar-refractivity contribution in [1.29, 1.82) is 0 Å². The van der Waals surface area contributed by atoms with Crippen LogP contribution in [0.4, 0.5) is 11.4 Å². The Morgan fingerprint density at radius 2 is 2.04 bits per heavy atom. The molecule has 0 aliphatic carbocycles. The molecule has 142 valence electrons. The molecule has 2 aromatic rings. The summed E-state index contributed by atoms with van der Waals surface area (Å²) >= 11 is 0. The zero-order valence-electron chi connectivity index (χ0n) is 16.0. The van der Waals surface area contributed by atoms with Crippen LogP contribution in [0.25, 0.3) is 0 Å². The van der Waals surface area contributed by atoms with Gasteiger partial charge in [-0.05, 0) is 64.3 Å². The number of anilines is 2. The molecule has 0 bridgehead atoms. The number of hydrogen-bond donors (Lipinski definition) is 1. The molecule has 0 atom stereocenters. The number of nitrogens with zero attached hydrogens (tertiary/aromatic N) is 2. The lowest BCUT2D eigenvalue weighted by atomic mass is 10.1. The number of hydrogen-bond acceptors (Lipinski definition) is 4. The topological polar surface area (TPSA) is 61.9 Å². The Morgan fingerprint density at radius 1 is 1.22 bits per heavy atom. The third kappa shape index (κ3) is 4.65. The second kappa shape index (κ2) is 8.22. The maximum absolute atomic E-state index is 12.5. The van der Waals surface area contributed by atoms with E-state index in [0.29, 0.717) is 29.2 Å². The first-order valence-corrected chi connectivity index (χ1v) is 9.04. The average Bonchev–Trinajstić information content (AvgIpc) is 2.63. The van der Waals surface area contributed by atoms with Gasteiger partial charge in [0.1, 0.15) is 5.75 Å². The molecule has 0 spiro atoms. The molecule has 1 aliphatic rings. The van der Waals surface area contributed by atoms with Gasteiger partial charge in [0.15, 0.2) is 6.61 Å². The largest absolute Gasteiger partial charge is 0.482 e. The number of nitrogens with one attached hydrogen (secondary N) is 1. The first kappa shape index (κ1) is 18.9. The van der Waals surface area contributed by atoms with Crippen LogP contribution in [0.5, 0.6) is 5.75 Å². The summed E-state index contributed by atoms with van der Waals surface area (Å²) in [7, 11) is 4.02. The molecule has 0 aromatic heterocycles. The van der Waals surface area contributed by atoms with Crippen LogP contribution < -0.4 is 15.0 Å². The lowest BCUT2D eigenvalue weighted by molar-refractivity contribution is -0.121. The quantitative estimate of drug-likeness (QED) is 0.853. The van der Waals surface area contributed by atoms with Crippen LogP contribution in [0.1, 0.15) is 22.3 Å². The Bertz CT molecular complexity index is 848. The summed E-state index contributed by atoms with van der Waals surface area (Å²) in [4.78, 5) is 28.7. The van der Waals surface area contributed by atoms with Gasteiger partial charge in [0.25, 0.3) is 11.8 Å². The number of aryl methyl sites for hydroxylation is 1. The summed E-state index contributed by atoms with van der Waals surface area (Å²) in [5.74, 6) is 0.414. The molecule has 1 N–H and O–H groups in total. The molecule has 0 fully saturated rings. The lowest BCUT2D eigenvalue weighted by Crippen LogP contribution is -2.40.